The molecule has 1 heterocycles. The molecule has 0 saturated carbocycles. The lowest BCUT2D eigenvalue weighted by atomic mass is 9.90. The quantitative estimate of drug-likeness (QED) is 0.771. The summed E-state index contributed by atoms with van der Waals surface area (Å²) < 4.78 is 0. The molecular weight excluding hydrogens is 342 g/mol. The molecule has 4 amide bonds. The van der Waals surface area contributed by atoms with Gasteiger partial charge in [0.1, 0.15) is 12.1 Å². The Morgan fingerprint density at radius 3 is 2.44 bits per heavy atom. The van der Waals surface area contributed by atoms with Gasteiger partial charge < -0.3 is 10.6 Å². The van der Waals surface area contributed by atoms with E-state index in [1.165, 1.54) is 0 Å². The fraction of sp³-hybridized carbons (Fsp3) is 0.381. The Kier molecular flexibility index (Phi) is 5.17. The topological polar surface area (TPSA) is 78.5 Å². The molecule has 142 valence electrons. The van der Waals surface area contributed by atoms with E-state index in [0.29, 0.717) is 5.56 Å². The van der Waals surface area contributed by atoms with Gasteiger partial charge in [0.25, 0.3) is 5.91 Å². The van der Waals surface area contributed by atoms with E-state index in [9.17, 15) is 14.4 Å². The fourth-order valence-corrected chi connectivity index (χ4v) is 3.45. The maximum atomic E-state index is 13.0. The number of imide groups is 1. The van der Waals surface area contributed by atoms with Gasteiger partial charge in [0.05, 0.1) is 0 Å². The molecule has 0 aliphatic carbocycles. The van der Waals surface area contributed by atoms with Crippen LogP contribution in [0.1, 0.15) is 39.2 Å². The van der Waals surface area contributed by atoms with Crippen LogP contribution in [0.15, 0.2) is 42.5 Å². The first kappa shape index (κ1) is 18.9. The molecule has 27 heavy (non-hydrogen) atoms. The molecule has 1 atom stereocenters. The standard InChI is InChI=1S/C21H25N3O3/c1-4-17(5-2)22-18(25)13-24-19(26)21(3,23-20(24)27)16-11-10-14-8-6-7-9-15(14)12-16/h6-12,17H,4-5,13H2,1-3H3,(H,22,25)(H,23,27)/t21-/m1/s1. The second kappa shape index (κ2) is 7.39. The van der Waals surface area contributed by atoms with Crippen LogP contribution < -0.4 is 10.6 Å². The van der Waals surface area contributed by atoms with Crippen LogP contribution >= 0.6 is 0 Å². The van der Waals surface area contributed by atoms with Gasteiger partial charge in [-0.05, 0) is 42.2 Å². The maximum Gasteiger partial charge on any atom is 0.325 e. The van der Waals surface area contributed by atoms with E-state index in [-0.39, 0.29) is 18.5 Å². The number of hydrogen-bond acceptors (Lipinski definition) is 3. The van der Waals surface area contributed by atoms with Crippen LogP contribution in [-0.4, -0.2) is 35.3 Å². The molecule has 2 aromatic rings. The zero-order chi connectivity index (χ0) is 19.6. The van der Waals surface area contributed by atoms with Crippen LogP contribution in [0.2, 0.25) is 0 Å². The van der Waals surface area contributed by atoms with Crippen molar-refractivity contribution in [1.82, 2.24) is 15.5 Å². The summed E-state index contributed by atoms with van der Waals surface area (Å²) in [5, 5.41) is 7.67. The van der Waals surface area contributed by atoms with Crippen molar-refractivity contribution in [3.05, 3.63) is 48.0 Å². The zero-order valence-corrected chi connectivity index (χ0v) is 15.9. The summed E-state index contributed by atoms with van der Waals surface area (Å²) in [5.74, 6) is -0.738. The largest absolute Gasteiger partial charge is 0.352 e. The average Bonchev–Trinajstić information content (AvgIpc) is 2.89. The van der Waals surface area contributed by atoms with E-state index in [1.54, 1.807) is 6.92 Å². The lowest BCUT2D eigenvalue weighted by Gasteiger charge is -2.23. The van der Waals surface area contributed by atoms with Crippen molar-refractivity contribution >= 4 is 28.6 Å². The minimum Gasteiger partial charge on any atom is -0.352 e. The number of nitrogens with one attached hydrogen (secondary N) is 2. The SMILES string of the molecule is CCC(CC)NC(=O)CN1C(=O)N[C@](C)(c2ccc3ccccc3c2)C1=O. The molecule has 1 saturated heterocycles. The van der Waals surface area contributed by atoms with Crippen LogP contribution in [-0.2, 0) is 15.1 Å². The van der Waals surface area contributed by atoms with Crippen molar-refractivity contribution in [2.45, 2.75) is 45.2 Å². The predicted octanol–water partition coefficient (Wildman–Crippen LogP) is 2.91. The fourth-order valence-electron chi connectivity index (χ4n) is 3.45. The molecule has 2 aromatic carbocycles. The third-order valence-electron chi connectivity index (χ3n) is 5.25. The molecule has 0 radical (unpaired) electrons. The van der Waals surface area contributed by atoms with E-state index < -0.39 is 17.5 Å². The summed E-state index contributed by atoms with van der Waals surface area (Å²) >= 11 is 0. The second-order valence-electron chi connectivity index (χ2n) is 7.09. The number of hydrogen-bond donors (Lipinski definition) is 2. The van der Waals surface area contributed by atoms with E-state index >= 15 is 0 Å². The van der Waals surface area contributed by atoms with E-state index in [2.05, 4.69) is 10.6 Å². The van der Waals surface area contributed by atoms with Crippen molar-refractivity contribution in [3.63, 3.8) is 0 Å². The van der Waals surface area contributed by atoms with Crippen LogP contribution in [0.5, 0.6) is 0 Å². The first-order chi connectivity index (χ1) is 12.9. The zero-order valence-electron chi connectivity index (χ0n) is 15.9. The molecular formula is C21H25N3O3. The summed E-state index contributed by atoms with van der Waals surface area (Å²) in [6.45, 7) is 5.37. The highest BCUT2D eigenvalue weighted by atomic mass is 16.2. The number of carbonyl (C=O) groups excluding carboxylic acids is 3. The number of urea groups is 1. The Balaban J connectivity index is 1.82. The van der Waals surface area contributed by atoms with Crippen molar-refractivity contribution in [1.29, 1.82) is 0 Å². The predicted molar refractivity (Wildman–Crippen MR) is 104 cm³/mol. The van der Waals surface area contributed by atoms with Crippen LogP contribution in [0, 0.1) is 0 Å². The van der Waals surface area contributed by atoms with Gasteiger partial charge in [-0.3, -0.25) is 14.5 Å². The van der Waals surface area contributed by atoms with Crippen molar-refractivity contribution in [2.75, 3.05) is 6.54 Å². The molecule has 0 spiro atoms. The number of fused-ring (bicyclic) bond motifs is 1. The summed E-state index contributed by atoms with van der Waals surface area (Å²) in [4.78, 5) is 38.7. The summed E-state index contributed by atoms with van der Waals surface area (Å²) in [6.07, 6.45) is 1.61. The number of carbonyl (C=O) groups is 3. The molecule has 1 fully saturated rings. The molecule has 2 N–H and O–H groups in total. The Labute approximate surface area is 158 Å². The van der Waals surface area contributed by atoms with Gasteiger partial charge in [0.15, 0.2) is 0 Å². The Hall–Kier alpha value is -2.89. The van der Waals surface area contributed by atoms with Gasteiger partial charge in [-0.1, -0.05) is 50.2 Å². The van der Waals surface area contributed by atoms with Crippen molar-refractivity contribution in [3.8, 4) is 0 Å². The summed E-state index contributed by atoms with van der Waals surface area (Å²) in [7, 11) is 0. The van der Waals surface area contributed by atoms with Gasteiger partial charge in [0, 0.05) is 6.04 Å². The third kappa shape index (κ3) is 3.52. The highest BCUT2D eigenvalue weighted by molar-refractivity contribution is 6.09. The molecule has 6 heteroatoms. The van der Waals surface area contributed by atoms with Crippen molar-refractivity contribution in [2.24, 2.45) is 0 Å². The number of benzene rings is 2. The Morgan fingerprint density at radius 1 is 1.11 bits per heavy atom. The molecule has 0 bridgehead atoms. The lowest BCUT2D eigenvalue weighted by molar-refractivity contribution is -0.135. The average molecular weight is 367 g/mol. The van der Waals surface area contributed by atoms with E-state index in [4.69, 9.17) is 0 Å². The number of rotatable bonds is 6. The van der Waals surface area contributed by atoms with Gasteiger partial charge in [-0.15, -0.1) is 0 Å². The highest BCUT2D eigenvalue weighted by Crippen LogP contribution is 2.30. The second-order valence-corrected chi connectivity index (χ2v) is 7.09. The van der Waals surface area contributed by atoms with E-state index in [0.717, 1.165) is 28.5 Å². The summed E-state index contributed by atoms with van der Waals surface area (Å²) in [6, 6.07) is 13.0. The molecule has 0 aromatic heterocycles. The van der Waals surface area contributed by atoms with Gasteiger partial charge in [-0.2, -0.15) is 0 Å². The molecule has 0 unspecified atom stereocenters. The first-order valence-corrected chi connectivity index (χ1v) is 9.31. The molecule has 1 aliphatic heterocycles. The van der Waals surface area contributed by atoms with Crippen LogP contribution in [0.25, 0.3) is 10.8 Å². The monoisotopic (exact) mass is 367 g/mol. The molecule has 3 rings (SSSR count). The van der Waals surface area contributed by atoms with Gasteiger partial charge in [0.2, 0.25) is 5.91 Å². The normalized spacial score (nSPS) is 19.6. The van der Waals surface area contributed by atoms with Crippen LogP contribution in [0.3, 0.4) is 0 Å². The number of amides is 4. The maximum absolute atomic E-state index is 13.0. The van der Waals surface area contributed by atoms with E-state index in [1.807, 2.05) is 56.3 Å². The lowest BCUT2D eigenvalue weighted by Crippen LogP contribution is -2.45. The van der Waals surface area contributed by atoms with Gasteiger partial charge >= 0.3 is 6.03 Å². The summed E-state index contributed by atoms with van der Waals surface area (Å²) in [5.41, 5.74) is -0.488. The smallest absolute Gasteiger partial charge is 0.325 e. The van der Waals surface area contributed by atoms with Crippen molar-refractivity contribution < 1.29 is 14.4 Å². The van der Waals surface area contributed by atoms with Gasteiger partial charge in [-0.25, -0.2) is 4.79 Å². The Morgan fingerprint density at radius 2 is 1.78 bits per heavy atom. The number of nitrogens with zero attached hydrogens (tertiary/aromatic N) is 1. The minimum absolute atomic E-state index is 0.0464. The minimum atomic E-state index is -1.18. The molecule has 1 aliphatic rings. The first-order valence-electron chi connectivity index (χ1n) is 9.31. The Bertz CT molecular complexity index is 891. The van der Waals surface area contributed by atoms with Crippen LogP contribution in [0.4, 0.5) is 4.79 Å². The third-order valence-corrected chi connectivity index (χ3v) is 5.25. The highest BCUT2D eigenvalue weighted by Gasteiger charge is 2.49. The molecule has 6 nitrogen and oxygen atoms in total.